The van der Waals surface area contributed by atoms with Gasteiger partial charge in [0.05, 0.1) is 6.10 Å². The standard InChI is InChI=1S/C11H18N2O4/c1-4-6-8(5-2)12-11(17)13-9(7(3)14)10(15)16/h1,7-9,14H,5-6H2,2-3H3,(H,15,16)(H2,12,13,17)/t7-,8?,9+/m1/s1. The highest BCUT2D eigenvalue weighted by atomic mass is 16.4. The van der Waals surface area contributed by atoms with E-state index in [1.165, 1.54) is 6.92 Å². The molecule has 0 aliphatic carbocycles. The maximum absolute atomic E-state index is 11.4. The Hall–Kier alpha value is -1.74. The monoisotopic (exact) mass is 242 g/mol. The second-order valence-electron chi connectivity index (χ2n) is 3.69. The molecule has 0 bridgehead atoms. The molecule has 1 unspecified atom stereocenters. The van der Waals surface area contributed by atoms with Crippen LogP contribution in [0.2, 0.25) is 0 Å². The summed E-state index contributed by atoms with van der Waals surface area (Å²) in [7, 11) is 0. The van der Waals surface area contributed by atoms with Crippen LogP contribution >= 0.6 is 0 Å². The Morgan fingerprint density at radius 3 is 2.35 bits per heavy atom. The van der Waals surface area contributed by atoms with Crippen molar-refractivity contribution in [2.24, 2.45) is 0 Å². The van der Waals surface area contributed by atoms with Crippen LogP contribution in [-0.2, 0) is 4.79 Å². The highest BCUT2D eigenvalue weighted by molar-refractivity contribution is 5.83. The Balaban J connectivity index is 4.33. The number of carbonyl (C=O) groups excluding carboxylic acids is 1. The topological polar surface area (TPSA) is 98.7 Å². The van der Waals surface area contributed by atoms with E-state index >= 15 is 0 Å². The average molecular weight is 242 g/mol. The van der Waals surface area contributed by atoms with Gasteiger partial charge in [-0.25, -0.2) is 9.59 Å². The van der Waals surface area contributed by atoms with Crippen LogP contribution in [0.5, 0.6) is 0 Å². The minimum atomic E-state index is -1.33. The fourth-order valence-corrected chi connectivity index (χ4v) is 1.20. The lowest BCUT2D eigenvalue weighted by Gasteiger charge is -2.20. The summed E-state index contributed by atoms with van der Waals surface area (Å²) >= 11 is 0. The van der Waals surface area contributed by atoms with Crippen LogP contribution in [0.3, 0.4) is 0 Å². The molecule has 17 heavy (non-hydrogen) atoms. The van der Waals surface area contributed by atoms with Gasteiger partial charge in [0.2, 0.25) is 0 Å². The molecule has 3 atom stereocenters. The molecule has 0 aromatic rings. The molecule has 0 saturated heterocycles. The largest absolute Gasteiger partial charge is 0.480 e. The molecule has 0 heterocycles. The van der Waals surface area contributed by atoms with Crippen molar-refractivity contribution in [2.75, 3.05) is 0 Å². The first-order chi connectivity index (χ1) is 7.92. The van der Waals surface area contributed by atoms with Crippen LogP contribution in [0.1, 0.15) is 26.7 Å². The molecule has 0 aliphatic heterocycles. The molecule has 0 radical (unpaired) electrons. The zero-order valence-electron chi connectivity index (χ0n) is 9.93. The van der Waals surface area contributed by atoms with E-state index in [9.17, 15) is 14.7 Å². The fraction of sp³-hybridized carbons (Fsp3) is 0.636. The van der Waals surface area contributed by atoms with Crippen molar-refractivity contribution in [3.05, 3.63) is 0 Å². The third-order valence-corrected chi connectivity index (χ3v) is 2.23. The van der Waals surface area contributed by atoms with Gasteiger partial charge in [-0.3, -0.25) is 0 Å². The summed E-state index contributed by atoms with van der Waals surface area (Å²) < 4.78 is 0. The molecule has 0 saturated carbocycles. The number of aliphatic carboxylic acids is 1. The summed E-state index contributed by atoms with van der Waals surface area (Å²) in [6.07, 6.45) is 4.96. The van der Waals surface area contributed by atoms with Crippen LogP contribution in [0.25, 0.3) is 0 Å². The van der Waals surface area contributed by atoms with Gasteiger partial charge in [-0.15, -0.1) is 12.3 Å². The number of terminal acetylenes is 1. The van der Waals surface area contributed by atoms with Crippen LogP contribution in [0.15, 0.2) is 0 Å². The molecular formula is C11H18N2O4. The Kier molecular flexibility index (Phi) is 6.75. The van der Waals surface area contributed by atoms with Crippen LogP contribution in [0.4, 0.5) is 4.79 Å². The fourth-order valence-electron chi connectivity index (χ4n) is 1.20. The lowest BCUT2D eigenvalue weighted by atomic mass is 10.1. The number of carboxylic acids is 1. The number of rotatable bonds is 6. The van der Waals surface area contributed by atoms with E-state index in [0.29, 0.717) is 12.8 Å². The van der Waals surface area contributed by atoms with Crippen molar-refractivity contribution in [2.45, 2.75) is 44.9 Å². The molecule has 0 rings (SSSR count). The van der Waals surface area contributed by atoms with E-state index in [1.54, 1.807) is 0 Å². The maximum atomic E-state index is 11.4. The molecule has 0 aliphatic rings. The van der Waals surface area contributed by atoms with Crippen molar-refractivity contribution in [3.63, 3.8) is 0 Å². The number of carbonyl (C=O) groups is 2. The van der Waals surface area contributed by atoms with Gasteiger partial charge in [-0.2, -0.15) is 0 Å². The molecule has 6 nitrogen and oxygen atoms in total. The third kappa shape index (κ3) is 5.78. The molecule has 0 aromatic carbocycles. The molecule has 6 heteroatoms. The maximum Gasteiger partial charge on any atom is 0.328 e. The first kappa shape index (κ1) is 15.3. The number of amides is 2. The van der Waals surface area contributed by atoms with Gasteiger partial charge in [-0.05, 0) is 13.3 Å². The van der Waals surface area contributed by atoms with Gasteiger partial charge in [0, 0.05) is 12.5 Å². The predicted molar refractivity (Wildman–Crippen MR) is 62.3 cm³/mol. The van der Waals surface area contributed by atoms with Crippen molar-refractivity contribution in [1.29, 1.82) is 0 Å². The highest BCUT2D eigenvalue weighted by Gasteiger charge is 2.25. The summed E-state index contributed by atoms with van der Waals surface area (Å²) in [5, 5.41) is 22.6. The zero-order chi connectivity index (χ0) is 13.4. The molecule has 2 amide bonds. The van der Waals surface area contributed by atoms with Crippen LogP contribution in [0, 0.1) is 12.3 Å². The van der Waals surface area contributed by atoms with E-state index in [1.807, 2.05) is 6.92 Å². The molecule has 0 aromatic heterocycles. The summed E-state index contributed by atoms with van der Waals surface area (Å²) in [4.78, 5) is 22.2. The van der Waals surface area contributed by atoms with E-state index in [-0.39, 0.29) is 6.04 Å². The summed E-state index contributed by atoms with van der Waals surface area (Å²) in [5.41, 5.74) is 0. The molecular weight excluding hydrogens is 224 g/mol. The van der Waals surface area contributed by atoms with E-state index < -0.39 is 24.1 Å². The normalized spacial score (nSPS) is 15.2. The summed E-state index contributed by atoms with van der Waals surface area (Å²) in [6.45, 7) is 3.14. The summed E-state index contributed by atoms with van der Waals surface area (Å²) in [5.74, 6) is 1.12. The second kappa shape index (κ2) is 7.52. The number of hydrogen-bond acceptors (Lipinski definition) is 3. The van der Waals surface area contributed by atoms with Gasteiger partial charge in [0.25, 0.3) is 0 Å². The molecule has 96 valence electrons. The SMILES string of the molecule is C#CCC(CC)NC(=O)N[C@H](C(=O)O)[C@@H](C)O. The van der Waals surface area contributed by atoms with Gasteiger partial charge in [-0.1, -0.05) is 6.92 Å². The molecule has 0 spiro atoms. The zero-order valence-corrected chi connectivity index (χ0v) is 9.93. The predicted octanol–water partition coefficient (Wildman–Crippen LogP) is -0.0785. The minimum Gasteiger partial charge on any atom is -0.480 e. The van der Waals surface area contributed by atoms with E-state index in [2.05, 4.69) is 16.6 Å². The highest BCUT2D eigenvalue weighted by Crippen LogP contribution is 1.97. The number of urea groups is 1. The molecule has 0 fully saturated rings. The van der Waals surface area contributed by atoms with Crippen LogP contribution in [-0.4, -0.2) is 40.4 Å². The van der Waals surface area contributed by atoms with Gasteiger partial charge in [0.1, 0.15) is 0 Å². The second-order valence-corrected chi connectivity index (χ2v) is 3.69. The number of nitrogens with one attached hydrogen (secondary N) is 2. The van der Waals surface area contributed by atoms with Crippen molar-refractivity contribution >= 4 is 12.0 Å². The van der Waals surface area contributed by atoms with Crippen molar-refractivity contribution < 1.29 is 19.8 Å². The Labute approximate surface area is 100 Å². The van der Waals surface area contributed by atoms with Crippen LogP contribution < -0.4 is 10.6 Å². The Morgan fingerprint density at radius 1 is 1.41 bits per heavy atom. The first-order valence-electron chi connectivity index (χ1n) is 5.33. The van der Waals surface area contributed by atoms with Crippen molar-refractivity contribution in [1.82, 2.24) is 10.6 Å². The number of aliphatic hydroxyl groups excluding tert-OH is 1. The van der Waals surface area contributed by atoms with Gasteiger partial charge in [0.15, 0.2) is 6.04 Å². The Morgan fingerprint density at radius 2 is 2.00 bits per heavy atom. The number of hydrogen-bond donors (Lipinski definition) is 4. The lowest BCUT2D eigenvalue weighted by molar-refractivity contribution is -0.141. The van der Waals surface area contributed by atoms with E-state index in [0.717, 1.165) is 0 Å². The lowest BCUT2D eigenvalue weighted by Crippen LogP contribution is -2.52. The Bertz CT molecular complexity index is 309. The van der Waals surface area contributed by atoms with Gasteiger partial charge >= 0.3 is 12.0 Å². The minimum absolute atomic E-state index is 0.205. The average Bonchev–Trinajstić information content (AvgIpc) is 2.24. The quantitative estimate of drug-likeness (QED) is 0.490. The number of aliphatic hydroxyl groups is 1. The summed E-state index contributed by atoms with van der Waals surface area (Å²) in [6, 6.07) is -2.19. The third-order valence-electron chi connectivity index (χ3n) is 2.23. The van der Waals surface area contributed by atoms with E-state index in [4.69, 9.17) is 11.5 Å². The first-order valence-corrected chi connectivity index (χ1v) is 5.33. The number of carboxylic acid groups (broad SMARTS) is 1. The smallest absolute Gasteiger partial charge is 0.328 e. The molecule has 4 N–H and O–H groups in total. The van der Waals surface area contributed by atoms with Gasteiger partial charge < -0.3 is 20.8 Å². The van der Waals surface area contributed by atoms with Crippen molar-refractivity contribution in [3.8, 4) is 12.3 Å².